The van der Waals surface area contributed by atoms with Crippen LogP contribution in [0.25, 0.3) is 0 Å². The lowest BCUT2D eigenvalue weighted by molar-refractivity contribution is 0.137. The van der Waals surface area contributed by atoms with Crippen LogP contribution in [0.3, 0.4) is 0 Å². The summed E-state index contributed by atoms with van der Waals surface area (Å²) in [5.74, 6) is 0.632. The van der Waals surface area contributed by atoms with Gasteiger partial charge in [0.15, 0.2) is 14.4 Å². The van der Waals surface area contributed by atoms with E-state index in [2.05, 4.69) is 37.8 Å². The zero-order valence-corrected chi connectivity index (χ0v) is 14.4. The predicted octanol–water partition coefficient (Wildman–Crippen LogP) is 4.28. The molecule has 1 aromatic carbocycles. The fourth-order valence-electron chi connectivity index (χ4n) is 1.92. The molecule has 0 aliphatic heterocycles. The number of nitriles is 1. The summed E-state index contributed by atoms with van der Waals surface area (Å²) < 4.78 is 11.6. The topological polar surface area (TPSA) is 42.2 Å². The Hall–Kier alpha value is -1.57. The van der Waals surface area contributed by atoms with Crippen LogP contribution < -0.4 is 0 Å². The Bertz CT molecular complexity index is 486. The van der Waals surface area contributed by atoms with Crippen LogP contribution in [0.15, 0.2) is 42.2 Å². The molecule has 0 N–H and O–H groups in total. The first-order valence-corrected chi connectivity index (χ1v) is 10.8. The van der Waals surface area contributed by atoms with Crippen molar-refractivity contribution in [1.29, 1.82) is 5.26 Å². The van der Waals surface area contributed by atoms with Crippen LogP contribution in [0.4, 0.5) is 0 Å². The Labute approximate surface area is 129 Å². The second-order valence-electron chi connectivity index (χ2n) is 5.87. The minimum Gasteiger partial charge on any atom is -0.494 e. The van der Waals surface area contributed by atoms with Crippen LogP contribution in [0, 0.1) is 11.3 Å². The van der Waals surface area contributed by atoms with E-state index in [9.17, 15) is 5.26 Å². The van der Waals surface area contributed by atoms with Gasteiger partial charge in [-0.2, -0.15) is 5.26 Å². The second kappa shape index (κ2) is 8.66. The second-order valence-corrected chi connectivity index (χ2v) is 10.3. The van der Waals surface area contributed by atoms with E-state index in [-0.39, 0.29) is 0 Å². The molecule has 21 heavy (non-hydrogen) atoms. The molecule has 1 unspecified atom stereocenters. The van der Waals surface area contributed by atoms with Crippen molar-refractivity contribution in [2.75, 3.05) is 6.61 Å². The van der Waals surface area contributed by atoms with Gasteiger partial charge in [0.25, 0.3) is 0 Å². The highest BCUT2D eigenvalue weighted by atomic mass is 28.4. The first-order valence-electron chi connectivity index (χ1n) is 7.36. The normalized spacial score (nSPS) is 13.6. The number of aryl methyl sites for hydroxylation is 1. The van der Waals surface area contributed by atoms with E-state index < -0.39 is 14.4 Å². The molecule has 1 atom stereocenters. The van der Waals surface area contributed by atoms with Crippen molar-refractivity contribution in [1.82, 2.24) is 0 Å². The van der Waals surface area contributed by atoms with E-state index in [1.165, 1.54) is 5.56 Å². The Morgan fingerprint density at radius 2 is 1.95 bits per heavy atom. The SMILES string of the molecule is C/C=C(/OCCCc1ccccc1)C(C#N)O[Si](C)(C)C. The molecule has 0 fully saturated rings. The molecule has 0 amide bonds. The van der Waals surface area contributed by atoms with Crippen LogP contribution in [0.2, 0.25) is 19.6 Å². The van der Waals surface area contributed by atoms with Crippen molar-refractivity contribution >= 4 is 8.32 Å². The lowest BCUT2D eigenvalue weighted by atomic mass is 10.1. The fraction of sp³-hybridized carbons (Fsp3) is 0.471. The fourth-order valence-corrected chi connectivity index (χ4v) is 2.80. The van der Waals surface area contributed by atoms with E-state index in [1.54, 1.807) is 0 Å². The van der Waals surface area contributed by atoms with Crippen molar-refractivity contribution in [3.05, 3.63) is 47.7 Å². The van der Waals surface area contributed by atoms with Crippen LogP contribution in [0.1, 0.15) is 18.9 Å². The molecule has 0 heterocycles. The molecule has 0 radical (unpaired) electrons. The van der Waals surface area contributed by atoms with Gasteiger partial charge in [0.1, 0.15) is 11.8 Å². The Balaban J connectivity index is 2.42. The molecule has 114 valence electrons. The summed E-state index contributed by atoms with van der Waals surface area (Å²) >= 11 is 0. The van der Waals surface area contributed by atoms with E-state index in [0.29, 0.717) is 12.4 Å². The smallest absolute Gasteiger partial charge is 0.191 e. The molecule has 0 bridgehead atoms. The molecule has 0 aliphatic carbocycles. The Morgan fingerprint density at radius 3 is 2.48 bits per heavy atom. The average molecular weight is 303 g/mol. The number of nitrogens with zero attached hydrogens (tertiary/aromatic N) is 1. The quantitative estimate of drug-likeness (QED) is 0.409. The summed E-state index contributed by atoms with van der Waals surface area (Å²) in [4.78, 5) is 0. The largest absolute Gasteiger partial charge is 0.494 e. The number of ether oxygens (including phenoxy) is 1. The molecular weight excluding hydrogens is 278 g/mol. The first-order chi connectivity index (χ1) is 9.96. The molecule has 0 aromatic heterocycles. The van der Waals surface area contributed by atoms with Crippen LogP contribution in [0.5, 0.6) is 0 Å². The number of hydrogen-bond acceptors (Lipinski definition) is 3. The van der Waals surface area contributed by atoms with Gasteiger partial charge in [-0.1, -0.05) is 30.3 Å². The van der Waals surface area contributed by atoms with Gasteiger partial charge in [-0.25, -0.2) is 0 Å². The van der Waals surface area contributed by atoms with Gasteiger partial charge in [0, 0.05) is 0 Å². The maximum atomic E-state index is 9.25. The summed E-state index contributed by atoms with van der Waals surface area (Å²) in [6.45, 7) is 8.69. The highest BCUT2D eigenvalue weighted by Crippen LogP contribution is 2.15. The zero-order chi connectivity index (χ0) is 15.7. The molecule has 0 saturated carbocycles. The minimum atomic E-state index is -1.76. The molecule has 0 aliphatic rings. The predicted molar refractivity (Wildman–Crippen MR) is 88.3 cm³/mol. The van der Waals surface area contributed by atoms with Gasteiger partial charge in [-0.05, 0) is 51.0 Å². The van der Waals surface area contributed by atoms with E-state index in [1.807, 2.05) is 31.2 Å². The van der Waals surface area contributed by atoms with E-state index >= 15 is 0 Å². The monoisotopic (exact) mass is 303 g/mol. The van der Waals surface area contributed by atoms with Crippen LogP contribution >= 0.6 is 0 Å². The third-order valence-electron chi connectivity index (χ3n) is 2.85. The third kappa shape index (κ3) is 7.12. The molecule has 0 spiro atoms. The molecular formula is C17H25NO2Si. The number of hydrogen-bond donors (Lipinski definition) is 0. The summed E-state index contributed by atoms with van der Waals surface area (Å²) in [5, 5.41) is 9.25. The first kappa shape index (κ1) is 17.5. The minimum absolute atomic E-state index is 0.585. The Morgan fingerprint density at radius 1 is 1.29 bits per heavy atom. The van der Waals surface area contributed by atoms with Gasteiger partial charge in [0.05, 0.1) is 6.61 Å². The van der Waals surface area contributed by atoms with Crippen molar-refractivity contribution in [2.45, 2.75) is 45.5 Å². The highest BCUT2D eigenvalue weighted by molar-refractivity contribution is 6.69. The summed E-state index contributed by atoms with van der Waals surface area (Å²) in [5.41, 5.74) is 1.30. The van der Waals surface area contributed by atoms with E-state index in [0.717, 1.165) is 12.8 Å². The highest BCUT2D eigenvalue weighted by Gasteiger charge is 2.24. The number of rotatable bonds is 8. The molecule has 4 heteroatoms. The molecule has 1 aromatic rings. The maximum absolute atomic E-state index is 9.25. The summed E-state index contributed by atoms with van der Waals surface area (Å²) in [6.07, 6.45) is 3.14. The van der Waals surface area contributed by atoms with Gasteiger partial charge >= 0.3 is 0 Å². The summed E-state index contributed by atoms with van der Waals surface area (Å²) in [7, 11) is -1.76. The molecule has 3 nitrogen and oxygen atoms in total. The molecule has 0 saturated heterocycles. The van der Waals surface area contributed by atoms with Crippen molar-refractivity contribution in [3.63, 3.8) is 0 Å². The van der Waals surface area contributed by atoms with Gasteiger partial charge in [-0.3, -0.25) is 0 Å². The number of allylic oxidation sites excluding steroid dienone is 1. The summed E-state index contributed by atoms with van der Waals surface area (Å²) in [6, 6.07) is 12.5. The van der Waals surface area contributed by atoms with Gasteiger partial charge < -0.3 is 9.16 Å². The van der Waals surface area contributed by atoms with E-state index in [4.69, 9.17) is 9.16 Å². The van der Waals surface area contributed by atoms with Crippen LogP contribution in [-0.2, 0) is 15.6 Å². The van der Waals surface area contributed by atoms with Crippen molar-refractivity contribution in [2.24, 2.45) is 0 Å². The van der Waals surface area contributed by atoms with Crippen molar-refractivity contribution < 1.29 is 9.16 Å². The molecule has 1 rings (SSSR count). The van der Waals surface area contributed by atoms with Crippen LogP contribution in [-0.4, -0.2) is 21.0 Å². The lowest BCUT2D eigenvalue weighted by Crippen LogP contribution is -2.33. The lowest BCUT2D eigenvalue weighted by Gasteiger charge is -2.23. The van der Waals surface area contributed by atoms with Crippen molar-refractivity contribution in [3.8, 4) is 6.07 Å². The van der Waals surface area contributed by atoms with Gasteiger partial charge in [0.2, 0.25) is 0 Å². The maximum Gasteiger partial charge on any atom is 0.191 e. The number of benzene rings is 1. The average Bonchev–Trinajstić information content (AvgIpc) is 2.45. The van der Waals surface area contributed by atoms with Gasteiger partial charge in [-0.15, -0.1) is 0 Å². The Kier molecular flexibility index (Phi) is 7.20. The zero-order valence-electron chi connectivity index (χ0n) is 13.4. The standard InChI is InChI=1S/C17H25NO2Si/c1-5-16(17(14-18)20-21(2,3)4)19-13-9-12-15-10-7-6-8-11-15/h5-8,10-11,17H,9,12-13H2,1-4H3/b16-5+. The third-order valence-corrected chi connectivity index (χ3v) is 3.80.